The first-order valence-electron chi connectivity index (χ1n) is 4.62. The summed E-state index contributed by atoms with van der Waals surface area (Å²) in [5, 5.41) is 0. The van der Waals surface area contributed by atoms with Crippen LogP contribution < -0.4 is 0 Å². The summed E-state index contributed by atoms with van der Waals surface area (Å²) in [7, 11) is 0. The highest BCUT2D eigenvalue weighted by molar-refractivity contribution is 6.17. The van der Waals surface area contributed by atoms with Gasteiger partial charge < -0.3 is 9.30 Å². The summed E-state index contributed by atoms with van der Waals surface area (Å²) in [4.78, 5) is 15.4. The smallest absolute Gasteiger partial charge is 0.358 e. The van der Waals surface area contributed by atoms with E-state index in [1.54, 1.807) is 23.9 Å². The van der Waals surface area contributed by atoms with Crippen LogP contribution in [-0.2, 0) is 17.2 Å². The van der Waals surface area contributed by atoms with Crippen LogP contribution >= 0.6 is 11.6 Å². The number of allylic oxidation sites excluding steroid dienone is 1. The molecule has 0 bridgehead atoms. The molecule has 0 atom stereocenters. The highest BCUT2D eigenvalue weighted by atomic mass is 35.5. The monoisotopic (exact) mass is 228 g/mol. The van der Waals surface area contributed by atoms with Crippen LogP contribution in [0.15, 0.2) is 19.0 Å². The van der Waals surface area contributed by atoms with Gasteiger partial charge in [0.25, 0.3) is 0 Å². The molecule has 1 heterocycles. The summed E-state index contributed by atoms with van der Waals surface area (Å²) < 4.78 is 6.63. The summed E-state index contributed by atoms with van der Waals surface area (Å²) >= 11 is 5.76. The summed E-state index contributed by atoms with van der Waals surface area (Å²) in [6.45, 7) is 6.27. The van der Waals surface area contributed by atoms with Gasteiger partial charge in [0, 0.05) is 6.54 Å². The molecule has 1 aromatic rings. The third-order valence-electron chi connectivity index (χ3n) is 1.87. The van der Waals surface area contributed by atoms with E-state index in [4.69, 9.17) is 16.3 Å². The maximum atomic E-state index is 11.5. The van der Waals surface area contributed by atoms with E-state index in [2.05, 4.69) is 11.6 Å². The zero-order valence-corrected chi connectivity index (χ0v) is 9.33. The van der Waals surface area contributed by atoms with Gasteiger partial charge in [0.15, 0.2) is 5.69 Å². The summed E-state index contributed by atoms with van der Waals surface area (Å²) in [5.41, 5.74) is 0.948. The Balaban J connectivity index is 2.97. The number of hydrogen-bond donors (Lipinski definition) is 0. The Morgan fingerprint density at radius 3 is 3.07 bits per heavy atom. The Morgan fingerprint density at radius 2 is 2.53 bits per heavy atom. The fraction of sp³-hybridized carbons (Fsp3) is 0.400. The second-order valence-corrected chi connectivity index (χ2v) is 3.10. The molecule has 0 unspecified atom stereocenters. The second kappa shape index (κ2) is 5.56. The molecule has 0 N–H and O–H groups in total. The summed E-state index contributed by atoms with van der Waals surface area (Å²) in [6.07, 6.45) is 3.28. The van der Waals surface area contributed by atoms with E-state index in [1.807, 2.05) is 0 Å². The quantitative estimate of drug-likeness (QED) is 0.440. The van der Waals surface area contributed by atoms with E-state index in [1.165, 1.54) is 0 Å². The Hall–Kier alpha value is -1.29. The third kappa shape index (κ3) is 2.59. The summed E-state index contributed by atoms with van der Waals surface area (Å²) in [5.74, 6) is -0.210. The molecule has 0 spiro atoms. The highest BCUT2D eigenvalue weighted by Gasteiger charge is 2.17. The molecule has 1 rings (SSSR count). The average molecular weight is 229 g/mol. The first-order valence-corrected chi connectivity index (χ1v) is 5.16. The average Bonchev–Trinajstić information content (AvgIpc) is 2.62. The van der Waals surface area contributed by atoms with Crippen LogP contribution in [0.4, 0.5) is 0 Å². The van der Waals surface area contributed by atoms with Crippen LogP contribution in [0, 0.1) is 0 Å². The maximum Gasteiger partial charge on any atom is 0.358 e. The predicted octanol–water partition coefficient (Wildman–Crippen LogP) is 1.98. The first kappa shape index (κ1) is 11.8. The minimum atomic E-state index is -0.434. The van der Waals surface area contributed by atoms with Crippen molar-refractivity contribution in [1.82, 2.24) is 9.55 Å². The number of hydrogen-bond acceptors (Lipinski definition) is 3. The van der Waals surface area contributed by atoms with E-state index in [9.17, 15) is 4.79 Å². The van der Waals surface area contributed by atoms with Gasteiger partial charge in [-0.15, -0.1) is 18.2 Å². The molecule has 0 aliphatic carbocycles. The van der Waals surface area contributed by atoms with Crippen LogP contribution in [0.5, 0.6) is 0 Å². The molecule has 4 nitrogen and oxygen atoms in total. The largest absolute Gasteiger partial charge is 0.461 e. The van der Waals surface area contributed by atoms with Gasteiger partial charge in [0.05, 0.1) is 24.5 Å². The van der Waals surface area contributed by atoms with Crippen LogP contribution in [0.1, 0.15) is 23.1 Å². The van der Waals surface area contributed by atoms with E-state index in [0.29, 0.717) is 18.8 Å². The zero-order valence-electron chi connectivity index (χ0n) is 8.57. The van der Waals surface area contributed by atoms with Gasteiger partial charge in [-0.25, -0.2) is 9.78 Å². The molecule has 0 aliphatic rings. The molecular weight excluding hydrogens is 216 g/mol. The van der Waals surface area contributed by atoms with Crippen molar-refractivity contribution in [3.8, 4) is 0 Å². The topological polar surface area (TPSA) is 44.1 Å². The van der Waals surface area contributed by atoms with Crippen LogP contribution in [0.2, 0.25) is 0 Å². The number of imidazole rings is 1. The lowest BCUT2D eigenvalue weighted by Gasteiger charge is -2.04. The van der Waals surface area contributed by atoms with E-state index in [0.717, 1.165) is 0 Å². The van der Waals surface area contributed by atoms with Crippen LogP contribution in [-0.4, -0.2) is 22.1 Å². The number of halogens is 1. The van der Waals surface area contributed by atoms with Crippen molar-refractivity contribution in [3.63, 3.8) is 0 Å². The molecule has 0 saturated heterocycles. The van der Waals surface area contributed by atoms with E-state index in [-0.39, 0.29) is 11.6 Å². The van der Waals surface area contributed by atoms with Gasteiger partial charge in [0.2, 0.25) is 0 Å². The Kier molecular flexibility index (Phi) is 4.37. The molecule has 0 aromatic carbocycles. The van der Waals surface area contributed by atoms with Crippen LogP contribution in [0.3, 0.4) is 0 Å². The molecule has 0 saturated carbocycles. The molecule has 0 fully saturated rings. The molecule has 5 heteroatoms. The number of alkyl halides is 1. The fourth-order valence-electron chi connectivity index (χ4n) is 1.21. The van der Waals surface area contributed by atoms with Gasteiger partial charge >= 0.3 is 5.97 Å². The Morgan fingerprint density at radius 1 is 1.80 bits per heavy atom. The third-order valence-corrected chi connectivity index (χ3v) is 2.12. The lowest BCUT2D eigenvalue weighted by atomic mass is 10.3. The first-order chi connectivity index (χ1) is 7.24. The van der Waals surface area contributed by atoms with Gasteiger partial charge in [-0.2, -0.15) is 0 Å². The minimum absolute atomic E-state index is 0.224. The highest BCUT2D eigenvalue weighted by Crippen LogP contribution is 2.12. The second-order valence-electron chi connectivity index (χ2n) is 2.84. The SMILES string of the molecule is C=CCn1cnc(C(=O)OCC)c1CCl. The van der Waals surface area contributed by atoms with Crippen molar-refractivity contribution in [1.29, 1.82) is 0 Å². The number of carbonyl (C=O) groups is 1. The fourth-order valence-corrected chi connectivity index (χ4v) is 1.49. The van der Waals surface area contributed by atoms with Crippen molar-refractivity contribution >= 4 is 17.6 Å². The molecule has 0 aliphatic heterocycles. The number of nitrogens with zero attached hydrogens (tertiary/aromatic N) is 2. The van der Waals surface area contributed by atoms with Gasteiger partial charge in [-0.3, -0.25) is 0 Å². The lowest BCUT2D eigenvalue weighted by Crippen LogP contribution is -2.09. The van der Waals surface area contributed by atoms with Crippen molar-refractivity contribution < 1.29 is 9.53 Å². The van der Waals surface area contributed by atoms with Gasteiger partial charge in [0.1, 0.15) is 0 Å². The van der Waals surface area contributed by atoms with Crippen molar-refractivity contribution in [2.75, 3.05) is 6.61 Å². The predicted molar refractivity (Wildman–Crippen MR) is 57.9 cm³/mol. The summed E-state index contributed by atoms with van der Waals surface area (Å²) in [6, 6.07) is 0. The minimum Gasteiger partial charge on any atom is -0.461 e. The van der Waals surface area contributed by atoms with Crippen molar-refractivity contribution in [3.05, 3.63) is 30.4 Å². The number of rotatable bonds is 5. The Labute approximate surface area is 93.5 Å². The number of aromatic nitrogens is 2. The van der Waals surface area contributed by atoms with Gasteiger partial charge in [-0.1, -0.05) is 6.08 Å². The van der Waals surface area contributed by atoms with E-state index >= 15 is 0 Å². The Bertz CT molecular complexity index is 360. The standard InChI is InChI=1S/C10H13ClN2O2/c1-3-5-13-7-12-9(8(13)6-11)10(14)15-4-2/h3,7H,1,4-6H2,2H3. The molecular formula is C10H13ClN2O2. The normalized spacial score (nSPS) is 10.0. The van der Waals surface area contributed by atoms with Crippen molar-refractivity contribution in [2.45, 2.75) is 19.3 Å². The molecule has 1 aromatic heterocycles. The number of carbonyl (C=O) groups excluding carboxylic acids is 1. The van der Waals surface area contributed by atoms with E-state index < -0.39 is 5.97 Å². The zero-order chi connectivity index (χ0) is 11.3. The maximum absolute atomic E-state index is 11.5. The molecule has 82 valence electrons. The number of esters is 1. The lowest BCUT2D eigenvalue weighted by molar-refractivity contribution is 0.0519. The molecule has 0 radical (unpaired) electrons. The van der Waals surface area contributed by atoms with Crippen LogP contribution in [0.25, 0.3) is 0 Å². The number of ether oxygens (including phenoxy) is 1. The van der Waals surface area contributed by atoms with Gasteiger partial charge in [-0.05, 0) is 6.92 Å². The molecule has 0 amide bonds. The van der Waals surface area contributed by atoms with Crippen molar-refractivity contribution in [2.24, 2.45) is 0 Å². The molecule has 15 heavy (non-hydrogen) atoms.